The molecule has 1 fully saturated rings. The molecular formula is C25H27N3O3. The van der Waals surface area contributed by atoms with Crippen LogP contribution in [0.1, 0.15) is 27.4 Å². The second-order valence-corrected chi connectivity index (χ2v) is 7.72. The van der Waals surface area contributed by atoms with Crippen LogP contribution in [-0.2, 0) is 6.54 Å². The highest BCUT2D eigenvalue weighted by molar-refractivity contribution is 5.94. The summed E-state index contributed by atoms with van der Waals surface area (Å²) in [6, 6.07) is 19.8. The Kier molecular flexibility index (Phi) is 6.48. The number of carbonyl (C=O) groups is 1. The van der Waals surface area contributed by atoms with E-state index in [-0.39, 0.29) is 17.9 Å². The molecule has 1 aliphatic heterocycles. The van der Waals surface area contributed by atoms with Crippen LogP contribution in [0, 0.1) is 0 Å². The van der Waals surface area contributed by atoms with Gasteiger partial charge in [0.25, 0.3) is 5.91 Å². The number of methoxy groups -OCH3 is 2. The fraction of sp³-hybridized carbons (Fsp3) is 0.280. The first-order valence-electron chi connectivity index (χ1n) is 10.4. The lowest BCUT2D eigenvalue weighted by molar-refractivity contribution is 0.0935. The lowest BCUT2D eigenvalue weighted by atomic mass is 9.93. The van der Waals surface area contributed by atoms with Gasteiger partial charge in [0.05, 0.1) is 14.2 Å². The normalized spacial score (nSPS) is 18.5. The molecule has 4 rings (SSSR count). The Bertz CT molecular complexity index is 1010. The van der Waals surface area contributed by atoms with Gasteiger partial charge in [-0.25, -0.2) is 0 Å². The van der Waals surface area contributed by atoms with Crippen LogP contribution in [0.3, 0.4) is 0 Å². The predicted octanol–water partition coefficient (Wildman–Crippen LogP) is 3.50. The summed E-state index contributed by atoms with van der Waals surface area (Å²) in [5.74, 6) is 1.44. The zero-order valence-electron chi connectivity index (χ0n) is 17.8. The van der Waals surface area contributed by atoms with Gasteiger partial charge in [0.2, 0.25) is 0 Å². The molecule has 2 heterocycles. The minimum atomic E-state index is -0.0839. The number of hydrogen-bond donors (Lipinski definition) is 1. The number of nitrogens with one attached hydrogen (secondary N) is 1. The van der Waals surface area contributed by atoms with E-state index < -0.39 is 0 Å². The van der Waals surface area contributed by atoms with Gasteiger partial charge < -0.3 is 14.8 Å². The third-order valence-corrected chi connectivity index (χ3v) is 5.74. The molecule has 1 amide bonds. The second-order valence-electron chi connectivity index (χ2n) is 7.72. The standard InChI is InChI=1S/C25H27N3O3/c1-30-23-9-8-20(14-24(23)31-2)21-16-28(15-18-6-4-3-5-7-18)17-22(21)27-25(29)19-10-12-26-13-11-19/h3-14,21-22H,15-17H2,1-2H3,(H,27,29)/t21-,22+/m1/s1. The first-order valence-corrected chi connectivity index (χ1v) is 10.4. The molecule has 31 heavy (non-hydrogen) atoms. The first-order chi connectivity index (χ1) is 15.2. The highest BCUT2D eigenvalue weighted by Crippen LogP contribution is 2.35. The summed E-state index contributed by atoms with van der Waals surface area (Å²) >= 11 is 0. The number of amides is 1. The third-order valence-electron chi connectivity index (χ3n) is 5.74. The van der Waals surface area contributed by atoms with Crippen LogP contribution >= 0.6 is 0 Å². The van der Waals surface area contributed by atoms with Crippen molar-refractivity contribution >= 4 is 5.91 Å². The average Bonchev–Trinajstić information content (AvgIpc) is 3.21. The Hall–Kier alpha value is -3.38. The molecule has 1 aromatic heterocycles. The summed E-state index contributed by atoms with van der Waals surface area (Å²) in [7, 11) is 3.27. The Morgan fingerprint density at radius 1 is 1.00 bits per heavy atom. The van der Waals surface area contributed by atoms with Crippen LogP contribution in [0.4, 0.5) is 0 Å². The lowest BCUT2D eigenvalue weighted by Crippen LogP contribution is -2.39. The van der Waals surface area contributed by atoms with Crippen molar-refractivity contribution in [1.82, 2.24) is 15.2 Å². The summed E-state index contributed by atoms with van der Waals surface area (Å²) in [5, 5.41) is 3.25. The second kappa shape index (κ2) is 9.62. The van der Waals surface area contributed by atoms with Crippen molar-refractivity contribution in [3.05, 3.63) is 89.7 Å². The molecule has 3 aromatic rings. The maximum absolute atomic E-state index is 12.9. The van der Waals surface area contributed by atoms with Crippen molar-refractivity contribution in [3.8, 4) is 11.5 Å². The molecule has 0 aliphatic carbocycles. The van der Waals surface area contributed by atoms with Crippen LogP contribution in [0.25, 0.3) is 0 Å². The van der Waals surface area contributed by atoms with Crippen molar-refractivity contribution in [2.24, 2.45) is 0 Å². The maximum atomic E-state index is 12.9. The van der Waals surface area contributed by atoms with Gasteiger partial charge in [0.15, 0.2) is 11.5 Å². The SMILES string of the molecule is COc1ccc([C@H]2CN(Cc3ccccc3)C[C@@H]2NC(=O)c2ccncc2)cc1OC. The highest BCUT2D eigenvalue weighted by atomic mass is 16.5. The fourth-order valence-corrected chi connectivity index (χ4v) is 4.18. The number of pyridine rings is 1. The van der Waals surface area contributed by atoms with E-state index >= 15 is 0 Å². The summed E-state index contributed by atoms with van der Waals surface area (Å²) in [6.45, 7) is 2.45. The molecule has 2 aromatic carbocycles. The summed E-state index contributed by atoms with van der Waals surface area (Å²) < 4.78 is 10.9. The summed E-state index contributed by atoms with van der Waals surface area (Å²) in [6.07, 6.45) is 3.27. The quantitative estimate of drug-likeness (QED) is 0.638. The highest BCUT2D eigenvalue weighted by Gasteiger charge is 2.35. The molecule has 1 N–H and O–H groups in total. The molecule has 1 aliphatic rings. The number of nitrogens with zero attached hydrogens (tertiary/aromatic N) is 2. The molecule has 6 nitrogen and oxygen atoms in total. The van der Waals surface area contributed by atoms with E-state index in [1.54, 1.807) is 38.7 Å². The van der Waals surface area contributed by atoms with Crippen molar-refractivity contribution < 1.29 is 14.3 Å². The van der Waals surface area contributed by atoms with E-state index in [4.69, 9.17) is 9.47 Å². The molecular weight excluding hydrogens is 390 g/mol. The van der Waals surface area contributed by atoms with Gasteiger partial charge in [-0.2, -0.15) is 0 Å². The predicted molar refractivity (Wildman–Crippen MR) is 119 cm³/mol. The minimum Gasteiger partial charge on any atom is -0.493 e. The van der Waals surface area contributed by atoms with Crippen molar-refractivity contribution in [3.63, 3.8) is 0 Å². The van der Waals surface area contributed by atoms with E-state index in [2.05, 4.69) is 45.5 Å². The van der Waals surface area contributed by atoms with Crippen molar-refractivity contribution in [2.45, 2.75) is 18.5 Å². The van der Waals surface area contributed by atoms with Crippen molar-refractivity contribution in [1.29, 1.82) is 0 Å². The van der Waals surface area contributed by atoms with Gasteiger partial charge in [-0.1, -0.05) is 36.4 Å². The van der Waals surface area contributed by atoms with Crippen LogP contribution in [0.5, 0.6) is 11.5 Å². The number of benzene rings is 2. The van der Waals surface area contributed by atoms with Gasteiger partial charge in [0, 0.05) is 49.6 Å². The van der Waals surface area contributed by atoms with Gasteiger partial charge in [-0.3, -0.25) is 14.7 Å². The number of rotatable bonds is 7. The van der Waals surface area contributed by atoms with Crippen LogP contribution in [-0.4, -0.2) is 49.1 Å². The largest absolute Gasteiger partial charge is 0.493 e. The topological polar surface area (TPSA) is 63.7 Å². The monoisotopic (exact) mass is 417 g/mol. The van der Waals surface area contributed by atoms with Gasteiger partial charge in [0.1, 0.15) is 0 Å². The molecule has 0 spiro atoms. The minimum absolute atomic E-state index is 0.0255. The molecule has 1 saturated heterocycles. The Morgan fingerprint density at radius 2 is 1.74 bits per heavy atom. The first kappa shape index (κ1) is 20.9. The molecule has 0 unspecified atom stereocenters. The van der Waals surface area contributed by atoms with E-state index in [1.165, 1.54) is 5.56 Å². The molecule has 6 heteroatoms. The number of hydrogen-bond acceptors (Lipinski definition) is 5. The Balaban J connectivity index is 1.58. The Labute approximate surface area is 182 Å². The maximum Gasteiger partial charge on any atom is 0.251 e. The number of aromatic nitrogens is 1. The van der Waals surface area contributed by atoms with E-state index in [0.29, 0.717) is 17.1 Å². The van der Waals surface area contributed by atoms with E-state index in [0.717, 1.165) is 25.2 Å². The number of ether oxygens (including phenoxy) is 2. The Morgan fingerprint density at radius 3 is 2.45 bits per heavy atom. The molecule has 0 radical (unpaired) electrons. The summed E-state index contributed by atoms with van der Waals surface area (Å²) in [5.41, 5.74) is 2.99. The van der Waals surface area contributed by atoms with Gasteiger partial charge in [-0.05, 0) is 35.4 Å². The van der Waals surface area contributed by atoms with E-state index in [1.807, 2.05) is 18.2 Å². The lowest BCUT2D eigenvalue weighted by Gasteiger charge is -2.21. The number of carbonyl (C=O) groups excluding carboxylic acids is 1. The fourth-order valence-electron chi connectivity index (χ4n) is 4.18. The zero-order chi connectivity index (χ0) is 21.6. The molecule has 0 saturated carbocycles. The van der Waals surface area contributed by atoms with Crippen LogP contribution < -0.4 is 14.8 Å². The zero-order valence-corrected chi connectivity index (χ0v) is 17.8. The van der Waals surface area contributed by atoms with Crippen LogP contribution in [0.15, 0.2) is 73.1 Å². The van der Waals surface area contributed by atoms with E-state index in [9.17, 15) is 4.79 Å². The summed E-state index contributed by atoms with van der Waals surface area (Å²) in [4.78, 5) is 19.2. The molecule has 0 bridgehead atoms. The van der Waals surface area contributed by atoms with Gasteiger partial charge in [-0.15, -0.1) is 0 Å². The average molecular weight is 418 g/mol. The molecule has 160 valence electrons. The van der Waals surface area contributed by atoms with Gasteiger partial charge >= 0.3 is 0 Å². The third kappa shape index (κ3) is 4.86. The molecule has 2 atom stereocenters. The number of likely N-dealkylation sites (tertiary alicyclic amines) is 1. The van der Waals surface area contributed by atoms with Crippen molar-refractivity contribution in [2.75, 3.05) is 27.3 Å². The smallest absolute Gasteiger partial charge is 0.251 e. The van der Waals surface area contributed by atoms with Crippen LogP contribution in [0.2, 0.25) is 0 Å².